The Morgan fingerprint density at radius 1 is 0.509 bits per heavy atom. The number of unbranched alkanes of at least 4 members (excludes halogenated alkanes) is 27. The van der Waals surface area contributed by atoms with Crippen LogP contribution in [0.25, 0.3) is 0 Å². The Bertz CT molecular complexity index is 828. The summed E-state index contributed by atoms with van der Waals surface area (Å²) in [5.74, 6) is -0.0962. The predicted octanol–water partition coefficient (Wildman–Crippen LogP) is 13.2. The first-order valence-electron chi connectivity index (χ1n) is 23.1. The van der Waals surface area contributed by atoms with Crippen LogP contribution in [0.3, 0.4) is 0 Å². The zero-order valence-electron chi connectivity index (χ0n) is 35.2. The Morgan fingerprint density at radius 3 is 1.34 bits per heavy atom. The predicted molar refractivity (Wildman–Crippen MR) is 227 cm³/mol. The van der Waals surface area contributed by atoms with E-state index in [-0.39, 0.29) is 18.5 Å². The molecule has 0 aliphatic rings. The summed E-state index contributed by atoms with van der Waals surface area (Å²) in [5.41, 5.74) is 0. The molecule has 2 atom stereocenters. The van der Waals surface area contributed by atoms with Gasteiger partial charge in [0, 0.05) is 12.8 Å². The molecular formula is C47H89NO5. The summed E-state index contributed by atoms with van der Waals surface area (Å²) in [6.07, 6.45) is 48.5. The van der Waals surface area contributed by atoms with Gasteiger partial charge < -0.3 is 20.3 Å². The van der Waals surface area contributed by atoms with Crippen LogP contribution in [0.5, 0.6) is 0 Å². The maximum Gasteiger partial charge on any atom is 0.305 e. The summed E-state index contributed by atoms with van der Waals surface area (Å²) < 4.78 is 5.43. The van der Waals surface area contributed by atoms with Crippen LogP contribution >= 0.6 is 0 Å². The first-order valence-corrected chi connectivity index (χ1v) is 23.1. The summed E-state index contributed by atoms with van der Waals surface area (Å²) in [7, 11) is 0. The minimum absolute atomic E-state index is 0.0322. The Hall–Kier alpha value is -1.66. The van der Waals surface area contributed by atoms with Crippen molar-refractivity contribution < 1.29 is 24.5 Å². The largest absolute Gasteiger partial charge is 0.466 e. The first-order chi connectivity index (χ1) is 26.0. The van der Waals surface area contributed by atoms with E-state index in [1.54, 1.807) is 0 Å². The Morgan fingerprint density at radius 2 is 0.887 bits per heavy atom. The molecule has 0 aromatic rings. The second kappa shape index (κ2) is 43.1. The third kappa shape index (κ3) is 39.8. The van der Waals surface area contributed by atoms with E-state index >= 15 is 0 Å². The molecule has 2 unspecified atom stereocenters. The molecule has 0 aromatic carbocycles. The highest BCUT2D eigenvalue weighted by atomic mass is 16.5. The molecule has 0 spiro atoms. The molecule has 0 fully saturated rings. The van der Waals surface area contributed by atoms with Gasteiger partial charge in [0.15, 0.2) is 0 Å². The zero-order chi connectivity index (χ0) is 38.7. The number of nitrogens with one attached hydrogen (secondary N) is 1. The molecule has 0 saturated heterocycles. The van der Waals surface area contributed by atoms with Crippen molar-refractivity contribution in [2.45, 2.75) is 251 Å². The maximum absolute atomic E-state index is 12.4. The molecule has 0 heterocycles. The van der Waals surface area contributed by atoms with Gasteiger partial charge in [0.25, 0.3) is 0 Å². The van der Waals surface area contributed by atoms with Gasteiger partial charge >= 0.3 is 5.97 Å². The average Bonchev–Trinajstić information content (AvgIpc) is 3.16. The van der Waals surface area contributed by atoms with Gasteiger partial charge in [-0.1, -0.05) is 167 Å². The summed E-state index contributed by atoms with van der Waals surface area (Å²) >= 11 is 0. The maximum atomic E-state index is 12.4. The fourth-order valence-electron chi connectivity index (χ4n) is 6.86. The molecule has 0 radical (unpaired) electrons. The number of aliphatic hydroxyl groups excluding tert-OH is 2. The van der Waals surface area contributed by atoms with E-state index in [0.29, 0.717) is 25.9 Å². The SMILES string of the molecule is CCCCCCC/C=C\CCCCCCCC(=O)OCCCCC/C=C\CCCCCCCC(=O)NC(CO)C(O)CCCCCCCCCCCC. The first kappa shape index (κ1) is 51.3. The molecule has 6 nitrogen and oxygen atoms in total. The van der Waals surface area contributed by atoms with E-state index in [1.165, 1.54) is 128 Å². The highest BCUT2D eigenvalue weighted by Crippen LogP contribution is 2.14. The number of carbonyl (C=O) groups excluding carboxylic acids is 2. The molecule has 53 heavy (non-hydrogen) atoms. The number of carbonyl (C=O) groups is 2. The summed E-state index contributed by atoms with van der Waals surface area (Å²) in [6, 6.07) is -0.558. The smallest absolute Gasteiger partial charge is 0.305 e. The minimum atomic E-state index is -0.678. The number of hydrogen-bond acceptors (Lipinski definition) is 5. The number of esters is 1. The number of allylic oxidation sites excluding steroid dienone is 4. The van der Waals surface area contributed by atoms with E-state index < -0.39 is 12.1 Å². The van der Waals surface area contributed by atoms with E-state index in [2.05, 4.69) is 43.5 Å². The van der Waals surface area contributed by atoms with Gasteiger partial charge in [0.2, 0.25) is 5.91 Å². The molecule has 312 valence electrons. The van der Waals surface area contributed by atoms with Crippen molar-refractivity contribution in [3.8, 4) is 0 Å². The van der Waals surface area contributed by atoms with Gasteiger partial charge in [-0.05, 0) is 83.5 Å². The van der Waals surface area contributed by atoms with Crippen LogP contribution in [-0.4, -0.2) is 47.4 Å². The van der Waals surface area contributed by atoms with Crippen molar-refractivity contribution in [3.63, 3.8) is 0 Å². The average molecular weight is 748 g/mol. The molecular weight excluding hydrogens is 659 g/mol. The highest BCUT2D eigenvalue weighted by Gasteiger charge is 2.20. The minimum Gasteiger partial charge on any atom is -0.466 e. The van der Waals surface area contributed by atoms with E-state index in [0.717, 1.165) is 77.0 Å². The normalized spacial score (nSPS) is 12.9. The number of rotatable bonds is 42. The molecule has 0 bridgehead atoms. The van der Waals surface area contributed by atoms with Crippen LogP contribution in [-0.2, 0) is 14.3 Å². The van der Waals surface area contributed by atoms with Crippen molar-refractivity contribution in [2.24, 2.45) is 0 Å². The summed E-state index contributed by atoms with van der Waals surface area (Å²) in [4.78, 5) is 24.4. The van der Waals surface area contributed by atoms with Gasteiger partial charge in [-0.3, -0.25) is 9.59 Å². The molecule has 3 N–H and O–H groups in total. The van der Waals surface area contributed by atoms with Crippen LogP contribution in [0.1, 0.15) is 239 Å². The second-order valence-electron chi connectivity index (χ2n) is 15.7. The number of aliphatic hydroxyl groups is 2. The van der Waals surface area contributed by atoms with Crippen LogP contribution in [0.2, 0.25) is 0 Å². The Labute approximate surface area is 329 Å². The lowest BCUT2D eigenvalue weighted by atomic mass is 10.0. The van der Waals surface area contributed by atoms with Gasteiger partial charge in [-0.15, -0.1) is 0 Å². The van der Waals surface area contributed by atoms with E-state index in [4.69, 9.17) is 4.74 Å². The van der Waals surface area contributed by atoms with Gasteiger partial charge in [0.05, 0.1) is 25.4 Å². The number of amides is 1. The molecule has 0 saturated carbocycles. The van der Waals surface area contributed by atoms with E-state index in [9.17, 15) is 19.8 Å². The zero-order valence-corrected chi connectivity index (χ0v) is 35.2. The van der Waals surface area contributed by atoms with Crippen molar-refractivity contribution in [3.05, 3.63) is 24.3 Å². The van der Waals surface area contributed by atoms with Gasteiger partial charge in [-0.25, -0.2) is 0 Å². The van der Waals surface area contributed by atoms with Crippen molar-refractivity contribution in [1.29, 1.82) is 0 Å². The topological polar surface area (TPSA) is 95.9 Å². The fourth-order valence-corrected chi connectivity index (χ4v) is 6.86. The number of ether oxygens (including phenoxy) is 1. The highest BCUT2D eigenvalue weighted by molar-refractivity contribution is 5.76. The van der Waals surface area contributed by atoms with Crippen LogP contribution in [0.15, 0.2) is 24.3 Å². The second-order valence-corrected chi connectivity index (χ2v) is 15.7. The molecule has 6 heteroatoms. The van der Waals surface area contributed by atoms with Gasteiger partial charge in [-0.2, -0.15) is 0 Å². The number of hydrogen-bond donors (Lipinski definition) is 3. The molecule has 0 aromatic heterocycles. The van der Waals surface area contributed by atoms with Crippen molar-refractivity contribution in [1.82, 2.24) is 5.32 Å². The summed E-state index contributed by atoms with van der Waals surface area (Å²) in [6.45, 7) is 4.85. The van der Waals surface area contributed by atoms with Crippen LogP contribution in [0, 0.1) is 0 Å². The Kier molecular flexibility index (Phi) is 41.7. The summed E-state index contributed by atoms with van der Waals surface area (Å²) in [5, 5.41) is 23.0. The lowest BCUT2D eigenvalue weighted by Crippen LogP contribution is -2.45. The molecule has 0 aliphatic heterocycles. The molecule has 1 amide bonds. The lowest BCUT2D eigenvalue weighted by molar-refractivity contribution is -0.143. The van der Waals surface area contributed by atoms with Crippen molar-refractivity contribution >= 4 is 11.9 Å². The molecule has 0 aliphatic carbocycles. The van der Waals surface area contributed by atoms with E-state index in [1.807, 2.05) is 0 Å². The molecule has 0 rings (SSSR count). The Balaban J connectivity index is 3.51. The monoisotopic (exact) mass is 748 g/mol. The fraction of sp³-hybridized carbons (Fsp3) is 0.872. The van der Waals surface area contributed by atoms with Crippen LogP contribution < -0.4 is 5.32 Å². The van der Waals surface area contributed by atoms with Gasteiger partial charge in [0.1, 0.15) is 0 Å². The van der Waals surface area contributed by atoms with Crippen molar-refractivity contribution in [2.75, 3.05) is 13.2 Å². The van der Waals surface area contributed by atoms with Crippen LogP contribution in [0.4, 0.5) is 0 Å². The standard InChI is InChI=1S/C47H89NO5/c1-3-5-7-9-11-13-15-16-17-21-25-29-33-37-41-47(52)53-42-38-34-30-26-22-19-18-20-24-28-32-36-40-46(51)48-44(43-49)45(50)39-35-31-27-23-14-12-10-8-6-4-2/h15-16,19,22,44-45,49-50H,3-14,17-18,20-21,23-43H2,1-2H3,(H,48,51)/b16-15-,22-19-. The lowest BCUT2D eigenvalue weighted by Gasteiger charge is -2.22. The quantitative estimate of drug-likeness (QED) is 0.0328. The third-order valence-electron chi connectivity index (χ3n) is 10.5. The third-order valence-corrected chi connectivity index (χ3v) is 10.5.